The maximum Gasteiger partial charge on any atom is 0.417 e. The van der Waals surface area contributed by atoms with Crippen LogP contribution in [0.1, 0.15) is 12.0 Å². The van der Waals surface area contributed by atoms with Gasteiger partial charge in [0.25, 0.3) is 0 Å². The molecule has 3 N–H and O–H groups in total. The summed E-state index contributed by atoms with van der Waals surface area (Å²) in [5.41, 5.74) is -1.07. The van der Waals surface area contributed by atoms with Gasteiger partial charge in [-0.3, -0.25) is 5.41 Å². The molecule has 0 bridgehead atoms. The summed E-state index contributed by atoms with van der Waals surface area (Å²) in [5.74, 6) is -0.721. The first-order chi connectivity index (χ1) is 13.0. The third-order valence-corrected chi connectivity index (χ3v) is 5.28. The fourth-order valence-electron chi connectivity index (χ4n) is 2.59. The number of halogens is 4. The highest BCUT2D eigenvalue weighted by Gasteiger charge is 2.53. The number of nitrogens with one attached hydrogen (secondary N) is 1. The Balaban J connectivity index is 2.17. The Morgan fingerprint density at radius 1 is 1.36 bits per heavy atom. The molecule has 28 heavy (non-hydrogen) atoms. The van der Waals surface area contributed by atoms with Crippen molar-refractivity contribution in [3.05, 3.63) is 35.6 Å². The van der Waals surface area contributed by atoms with Gasteiger partial charge in [0.1, 0.15) is 23.5 Å². The van der Waals surface area contributed by atoms with E-state index in [2.05, 4.69) is 0 Å². The number of amidine groups is 1. The molecule has 1 fully saturated rings. The average molecular weight is 426 g/mol. The first kappa shape index (κ1) is 22.9. The van der Waals surface area contributed by atoms with Crippen molar-refractivity contribution >= 4 is 16.9 Å². The SMILES string of the molecule is CN(C)C(=N)S[C@@H]1C[C@@H](O)[C@H](O)C(C(OCc2ccccc2F)C(F)(F)F)O1. The molecule has 158 valence electrons. The lowest BCUT2D eigenvalue weighted by molar-refractivity contribution is -0.285. The fraction of sp³-hybridized carbons (Fsp3) is 0.588. The number of aliphatic hydroxyl groups is 2. The van der Waals surface area contributed by atoms with Gasteiger partial charge in [-0.1, -0.05) is 30.0 Å². The van der Waals surface area contributed by atoms with E-state index in [-0.39, 0.29) is 17.2 Å². The van der Waals surface area contributed by atoms with Crippen molar-refractivity contribution in [3.63, 3.8) is 0 Å². The van der Waals surface area contributed by atoms with Crippen molar-refractivity contribution in [2.24, 2.45) is 0 Å². The minimum atomic E-state index is -4.93. The zero-order valence-corrected chi connectivity index (χ0v) is 16.0. The summed E-state index contributed by atoms with van der Waals surface area (Å²) >= 11 is 0.816. The Morgan fingerprint density at radius 2 is 2.00 bits per heavy atom. The molecule has 5 atom stereocenters. The highest BCUT2D eigenvalue weighted by Crippen LogP contribution is 2.36. The predicted octanol–water partition coefficient (Wildman–Crippen LogP) is 2.34. The van der Waals surface area contributed by atoms with Crippen LogP contribution in [0.15, 0.2) is 24.3 Å². The summed E-state index contributed by atoms with van der Waals surface area (Å²) in [4.78, 5) is 1.43. The summed E-state index contributed by atoms with van der Waals surface area (Å²) in [6.45, 7) is -0.690. The molecule has 1 aromatic rings. The summed E-state index contributed by atoms with van der Waals surface area (Å²) < 4.78 is 64.7. The molecule has 0 aromatic heterocycles. The minimum Gasteiger partial charge on any atom is -0.390 e. The molecule has 1 aliphatic rings. The molecule has 11 heteroatoms. The highest BCUT2D eigenvalue weighted by atomic mass is 32.2. The van der Waals surface area contributed by atoms with Crippen molar-refractivity contribution in [3.8, 4) is 0 Å². The third kappa shape index (κ3) is 5.80. The lowest BCUT2D eigenvalue weighted by atomic mass is 9.97. The zero-order chi connectivity index (χ0) is 21.1. The van der Waals surface area contributed by atoms with E-state index in [1.54, 1.807) is 14.1 Å². The molecule has 1 heterocycles. The third-order valence-electron chi connectivity index (χ3n) is 4.12. The largest absolute Gasteiger partial charge is 0.417 e. The van der Waals surface area contributed by atoms with Crippen molar-refractivity contribution < 1.29 is 37.2 Å². The Kier molecular flexibility index (Phi) is 7.68. The number of alkyl halides is 3. The van der Waals surface area contributed by atoms with E-state index >= 15 is 0 Å². The summed E-state index contributed by atoms with van der Waals surface area (Å²) in [7, 11) is 3.16. The first-order valence-corrected chi connectivity index (χ1v) is 9.24. The van der Waals surface area contributed by atoms with Crippen LogP contribution < -0.4 is 0 Å². The fourth-order valence-corrected chi connectivity index (χ4v) is 3.53. The number of hydrogen-bond acceptors (Lipinski definition) is 6. The van der Waals surface area contributed by atoms with Crippen LogP contribution in [0, 0.1) is 11.2 Å². The Hall–Kier alpha value is -1.40. The molecule has 6 nitrogen and oxygen atoms in total. The van der Waals surface area contributed by atoms with Crippen molar-refractivity contribution in [2.45, 2.75) is 49.1 Å². The number of aliphatic hydroxyl groups excluding tert-OH is 2. The number of ether oxygens (including phenoxy) is 2. The molecule has 0 spiro atoms. The predicted molar refractivity (Wildman–Crippen MR) is 95.3 cm³/mol. The Bertz CT molecular complexity index is 677. The minimum absolute atomic E-state index is 0.0168. The van der Waals surface area contributed by atoms with E-state index in [9.17, 15) is 27.8 Å². The van der Waals surface area contributed by atoms with Crippen LogP contribution in [-0.4, -0.2) is 70.4 Å². The van der Waals surface area contributed by atoms with E-state index in [4.69, 9.17) is 14.9 Å². The van der Waals surface area contributed by atoms with Crippen LogP contribution in [0.25, 0.3) is 0 Å². The highest BCUT2D eigenvalue weighted by molar-refractivity contribution is 8.14. The van der Waals surface area contributed by atoms with E-state index in [1.165, 1.54) is 23.1 Å². The second-order valence-corrected chi connectivity index (χ2v) is 7.65. The van der Waals surface area contributed by atoms with Crippen molar-refractivity contribution in [2.75, 3.05) is 14.1 Å². The van der Waals surface area contributed by atoms with E-state index in [0.29, 0.717) is 0 Å². The molecular formula is C17H22F4N2O4S. The lowest BCUT2D eigenvalue weighted by Gasteiger charge is -2.41. The van der Waals surface area contributed by atoms with Crippen LogP contribution in [0.3, 0.4) is 0 Å². The standard InChI is InChI=1S/C17H22F4N2O4S/c1-23(2)16(22)28-12-7-11(24)13(25)14(27-12)15(17(19,20)21)26-8-9-5-3-4-6-10(9)18/h3-6,11-15,22,24-25H,7-8H2,1-2H3/t11-,12-,13+,14?,15?/m1/s1. The summed E-state index contributed by atoms with van der Waals surface area (Å²) in [5, 5.41) is 27.9. The average Bonchev–Trinajstić information content (AvgIpc) is 2.59. The van der Waals surface area contributed by atoms with Crippen LogP contribution in [0.5, 0.6) is 0 Å². The second kappa shape index (κ2) is 9.40. The maximum atomic E-state index is 13.7. The van der Waals surface area contributed by atoms with Gasteiger partial charge in [-0.05, 0) is 6.07 Å². The second-order valence-electron chi connectivity index (χ2n) is 6.51. The summed E-state index contributed by atoms with van der Waals surface area (Å²) in [6.07, 6.45) is -12.9. The molecule has 1 aliphatic heterocycles. The van der Waals surface area contributed by atoms with Crippen LogP contribution >= 0.6 is 11.8 Å². The van der Waals surface area contributed by atoms with E-state index in [0.717, 1.165) is 17.8 Å². The van der Waals surface area contributed by atoms with Gasteiger partial charge in [0.05, 0.1) is 12.7 Å². The quantitative estimate of drug-likeness (QED) is 0.381. The number of nitrogens with zero attached hydrogens (tertiary/aromatic N) is 1. The Labute approximate surface area is 163 Å². The van der Waals surface area contributed by atoms with Crippen molar-refractivity contribution in [1.82, 2.24) is 4.90 Å². The van der Waals surface area contributed by atoms with Gasteiger partial charge in [0.15, 0.2) is 11.3 Å². The molecule has 1 aromatic carbocycles. The smallest absolute Gasteiger partial charge is 0.390 e. The first-order valence-electron chi connectivity index (χ1n) is 8.36. The zero-order valence-electron chi connectivity index (χ0n) is 15.2. The summed E-state index contributed by atoms with van der Waals surface area (Å²) in [6, 6.07) is 5.23. The van der Waals surface area contributed by atoms with Gasteiger partial charge in [-0.25, -0.2) is 4.39 Å². The van der Waals surface area contributed by atoms with Gasteiger partial charge in [-0.15, -0.1) is 0 Å². The van der Waals surface area contributed by atoms with Gasteiger partial charge in [0, 0.05) is 26.1 Å². The molecule has 1 saturated heterocycles. The Morgan fingerprint density at radius 3 is 2.57 bits per heavy atom. The molecule has 0 radical (unpaired) electrons. The maximum absolute atomic E-state index is 13.7. The number of thioether (sulfide) groups is 1. The number of hydrogen-bond donors (Lipinski definition) is 3. The van der Waals surface area contributed by atoms with Gasteiger partial charge < -0.3 is 24.6 Å². The molecule has 2 unspecified atom stereocenters. The monoisotopic (exact) mass is 426 g/mol. The van der Waals surface area contributed by atoms with Crippen LogP contribution in [-0.2, 0) is 16.1 Å². The molecule has 2 rings (SSSR count). The van der Waals surface area contributed by atoms with E-state index < -0.39 is 48.5 Å². The molecule has 0 amide bonds. The van der Waals surface area contributed by atoms with Crippen LogP contribution in [0.4, 0.5) is 17.6 Å². The van der Waals surface area contributed by atoms with Gasteiger partial charge in [-0.2, -0.15) is 13.2 Å². The van der Waals surface area contributed by atoms with Crippen LogP contribution in [0.2, 0.25) is 0 Å². The van der Waals surface area contributed by atoms with E-state index in [1.807, 2.05) is 0 Å². The molecular weight excluding hydrogens is 404 g/mol. The number of benzene rings is 1. The lowest BCUT2D eigenvalue weighted by Crippen LogP contribution is -2.57. The van der Waals surface area contributed by atoms with Crippen molar-refractivity contribution in [1.29, 1.82) is 5.41 Å². The van der Waals surface area contributed by atoms with Gasteiger partial charge in [0.2, 0.25) is 0 Å². The molecule has 0 aliphatic carbocycles. The normalized spacial score (nSPS) is 26.7. The molecule has 0 saturated carbocycles. The van der Waals surface area contributed by atoms with Gasteiger partial charge >= 0.3 is 6.18 Å². The number of rotatable bonds is 5. The topological polar surface area (TPSA) is 86.0 Å².